The van der Waals surface area contributed by atoms with Crippen molar-refractivity contribution in [1.29, 1.82) is 0 Å². The fraction of sp³-hybridized carbons (Fsp3) is 0.714. The van der Waals surface area contributed by atoms with Crippen molar-refractivity contribution in [3.05, 3.63) is 0 Å². The average molecular weight is 189 g/mol. The predicted octanol–water partition coefficient (Wildman–Crippen LogP) is -1.71. The lowest BCUT2D eigenvalue weighted by molar-refractivity contribution is -0.160. The summed E-state index contributed by atoms with van der Waals surface area (Å²) in [7, 11) is 0. The van der Waals surface area contributed by atoms with Crippen molar-refractivity contribution in [2.75, 3.05) is 26.3 Å². The summed E-state index contributed by atoms with van der Waals surface area (Å²) in [4.78, 5) is 22.4. The van der Waals surface area contributed by atoms with E-state index in [1.165, 1.54) is 0 Å². The van der Waals surface area contributed by atoms with Gasteiger partial charge in [0, 0.05) is 13.1 Å². The number of rotatable bonds is 1. The number of carboxylic acid groups (broad SMARTS) is 1. The van der Waals surface area contributed by atoms with Gasteiger partial charge >= 0.3 is 11.9 Å². The molecule has 1 rings (SSSR count). The highest BCUT2D eigenvalue weighted by Crippen LogP contribution is 2.04. The zero-order chi connectivity index (χ0) is 9.84. The molecule has 0 saturated carbocycles. The van der Waals surface area contributed by atoms with E-state index < -0.39 is 18.0 Å². The Bertz CT molecular complexity index is 217. The summed E-state index contributed by atoms with van der Waals surface area (Å²) < 4.78 is 5.05. The third-order valence-corrected chi connectivity index (χ3v) is 1.81. The third kappa shape index (κ3) is 2.40. The Morgan fingerprint density at radius 3 is 2.77 bits per heavy atom. The molecule has 1 heterocycles. The predicted molar refractivity (Wildman–Crippen MR) is 41.0 cm³/mol. The van der Waals surface area contributed by atoms with Crippen LogP contribution in [0.4, 0.5) is 0 Å². The highest BCUT2D eigenvalue weighted by atomic mass is 16.5. The number of aliphatic carboxylic acids is 1. The average Bonchev–Trinajstić information content (AvgIpc) is 2.16. The van der Waals surface area contributed by atoms with E-state index in [1.54, 1.807) is 0 Å². The zero-order valence-electron chi connectivity index (χ0n) is 6.97. The van der Waals surface area contributed by atoms with E-state index in [0.717, 1.165) is 4.90 Å². The number of carboxylic acids is 1. The smallest absolute Gasteiger partial charge is 0.394 e. The van der Waals surface area contributed by atoms with Gasteiger partial charge in [-0.25, -0.2) is 4.79 Å². The second-order valence-corrected chi connectivity index (χ2v) is 2.73. The molecule has 2 N–H and O–H groups in total. The molecule has 0 aliphatic carbocycles. The number of nitrogens with zero attached hydrogens (tertiary/aromatic N) is 1. The molecule has 13 heavy (non-hydrogen) atoms. The largest absolute Gasteiger partial charge is 0.474 e. The van der Waals surface area contributed by atoms with Gasteiger partial charge in [-0.3, -0.25) is 4.79 Å². The van der Waals surface area contributed by atoms with Crippen molar-refractivity contribution < 1.29 is 24.5 Å². The van der Waals surface area contributed by atoms with Gasteiger partial charge in [-0.15, -0.1) is 0 Å². The Morgan fingerprint density at radius 1 is 1.54 bits per heavy atom. The van der Waals surface area contributed by atoms with Crippen molar-refractivity contribution in [2.45, 2.75) is 6.10 Å². The third-order valence-electron chi connectivity index (χ3n) is 1.81. The van der Waals surface area contributed by atoms with Gasteiger partial charge in [0.2, 0.25) is 0 Å². The number of amides is 1. The van der Waals surface area contributed by atoms with Crippen LogP contribution in [0.1, 0.15) is 0 Å². The van der Waals surface area contributed by atoms with Gasteiger partial charge in [0.15, 0.2) is 0 Å². The Labute approximate surface area is 74.7 Å². The summed E-state index contributed by atoms with van der Waals surface area (Å²) >= 11 is 0. The quantitative estimate of drug-likeness (QED) is 0.480. The van der Waals surface area contributed by atoms with E-state index in [2.05, 4.69) is 0 Å². The first-order valence-electron chi connectivity index (χ1n) is 3.90. The Balaban J connectivity index is 2.51. The molecule has 0 bridgehead atoms. The number of aliphatic hydroxyl groups excluding tert-OH is 1. The molecule has 74 valence electrons. The maximum absolute atomic E-state index is 10.9. The summed E-state index contributed by atoms with van der Waals surface area (Å²) in [5, 5.41) is 17.1. The molecule has 0 radical (unpaired) electrons. The van der Waals surface area contributed by atoms with Gasteiger partial charge < -0.3 is 19.8 Å². The molecule has 1 amide bonds. The van der Waals surface area contributed by atoms with Crippen LogP contribution in [0.5, 0.6) is 0 Å². The topological polar surface area (TPSA) is 87.1 Å². The molecule has 0 aromatic carbocycles. The van der Waals surface area contributed by atoms with Crippen molar-refractivity contribution >= 4 is 11.9 Å². The van der Waals surface area contributed by atoms with Crippen molar-refractivity contribution in [2.24, 2.45) is 0 Å². The van der Waals surface area contributed by atoms with Crippen LogP contribution in [0.25, 0.3) is 0 Å². The molecule has 0 spiro atoms. The highest BCUT2D eigenvalue weighted by molar-refractivity contribution is 6.31. The van der Waals surface area contributed by atoms with E-state index in [9.17, 15) is 9.59 Å². The molecule has 1 atom stereocenters. The van der Waals surface area contributed by atoms with Crippen molar-refractivity contribution in [3.8, 4) is 0 Å². The fourth-order valence-corrected chi connectivity index (χ4v) is 1.15. The molecule has 6 nitrogen and oxygen atoms in total. The van der Waals surface area contributed by atoms with Crippen molar-refractivity contribution in [3.63, 3.8) is 0 Å². The Morgan fingerprint density at radius 2 is 2.23 bits per heavy atom. The standard InChI is InChI=1S/C7H11NO5/c9-4-5-3-8(1-2-13-5)6(10)7(11)12/h5,9H,1-4H2,(H,11,12). The van der Waals surface area contributed by atoms with Crippen LogP contribution in [-0.2, 0) is 14.3 Å². The van der Waals surface area contributed by atoms with Gasteiger partial charge in [0.25, 0.3) is 0 Å². The normalized spacial score (nSPS) is 22.8. The van der Waals surface area contributed by atoms with Crippen LogP contribution in [0.3, 0.4) is 0 Å². The lowest BCUT2D eigenvalue weighted by Gasteiger charge is -2.30. The molecule has 6 heteroatoms. The number of carbonyl (C=O) groups excluding carboxylic acids is 1. The lowest BCUT2D eigenvalue weighted by atomic mass is 10.3. The first-order chi connectivity index (χ1) is 6.15. The second-order valence-electron chi connectivity index (χ2n) is 2.73. The Kier molecular flexibility index (Phi) is 3.21. The number of aliphatic hydroxyl groups is 1. The molecular weight excluding hydrogens is 178 g/mol. The molecular formula is C7H11NO5. The lowest BCUT2D eigenvalue weighted by Crippen LogP contribution is -2.49. The summed E-state index contributed by atoms with van der Waals surface area (Å²) in [5.41, 5.74) is 0. The number of hydrogen-bond acceptors (Lipinski definition) is 4. The van der Waals surface area contributed by atoms with Gasteiger partial charge in [-0.2, -0.15) is 0 Å². The molecule has 1 aliphatic heterocycles. The molecule has 1 fully saturated rings. The highest BCUT2D eigenvalue weighted by Gasteiger charge is 2.27. The van der Waals surface area contributed by atoms with E-state index in [-0.39, 0.29) is 26.3 Å². The van der Waals surface area contributed by atoms with Crippen LogP contribution in [0, 0.1) is 0 Å². The summed E-state index contributed by atoms with van der Waals surface area (Å²) in [6.07, 6.45) is -0.461. The van der Waals surface area contributed by atoms with Gasteiger partial charge in [-0.05, 0) is 0 Å². The molecule has 1 aliphatic rings. The van der Waals surface area contributed by atoms with Crippen LogP contribution < -0.4 is 0 Å². The van der Waals surface area contributed by atoms with Gasteiger partial charge in [-0.1, -0.05) is 0 Å². The van der Waals surface area contributed by atoms with E-state index in [1.807, 2.05) is 0 Å². The van der Waals surface area contributed by atoms with Crippen LogP contribution >= 0.6 is 0 Å². The van der Waals surface area contributed by atoms with Gasteiger partial charge in [0.05, 0.1) is 19.3 Å². The summed E-state index contributed by atoms with van der Waals surface area (Å²) in [5.74, 6) is -2.42. The molecule has 0 aromatic heterocycles. The number of morpholine rings is 1. The first-order valence-corrected chi connectivity index (χ1v) is 3.90. The summed E-state index contributed by atoms with van der Waals surface area (Å²) in [6, 6.07) is 0. The maximum atomic E-state index is 10.9. The fourth-order valence-electron chi connectivity index (χ4n) is 1.15. The van der Waals surface area contributed by atoms with E-state index >= 15 is 0 Å². The number of carbonyl (C=O) groups is 2. The number of ether oxygens (including phenoxy) is 1. The first kappa shape index (κ1) is 9.94. The Hall–Kier alpha value is -1.14. The minimum absolute atomic E-state index is 0.141. The molecule has 1 unspecified atom stereocenters. The van der Waals surface area contributed by atoms with Crippen LogP contribution in [-0.4, -0.2) is 59.4 Å². The second kappa shape index (κ2) is 4.20. The number of hydrogen-bond donors (Lipinski definition) is 2. The van der Waals surface area contributed by atoms with Crippen LogP contribution in [0.2, 0.25) is 0 Å². The maximum Gasteiger partial charge on any atom is 0.394 e. The summed E-state index contributed by atoms with van der Waals surface area (Å²) in [6.45, 7) is 0.469. The van der Waals surface area contributed by atoms with Crippen LogP contribution in [0.15, 0.2) is 0 Å². The van der Waals surface area contributed by atoms with E-state index in [0.29, 0.717) is 0 Å². The minimum atomic E-state index is -1.47. The van der Waals surface area contributed by atoms with Gasteiger partial charge in [0.1, 0.15) is 0 Å². The monoisotopic (exact) mass is 189 g/mol. The molecule has 0 aromatic rings. The SMILES string of the molecule is O=C(O)C(=O)N1CCOC(CO)C1. The minimum Gasteiger partial charge on any atom is -0.474 e. The zero-order valence-corrected chi connectivity index (χ0v) is 6.97. The van der Waals surface area contributed by atoms with Crippen molar-refractivity contribution in [1.82, 2.24) is 4.90 Å². The molecule has 1 saturated heterocycles. The van der Waals surface area contributed by atoms with E-state index in [4.69, 9.17) is 14.9 Å².